The third-order valence-electron chi connectivity index (χ3n) is 3.71. The molecule has 0 saturated carbocycles. The monoisotopic (exact) mass is 257 g/mol. The molecule has 0 radical (unpaired) electrons. The number of aromatic nitrogens is 3. The lowest BCUT2D eigenvalue weighted by Crippen LogP contribution is -2.22. The lowest BCUT2D eigenvalue weighted by Gasteiger charge is -2.16. The van der Waals surface area contributed by atoms with Gasteiger partial charge in [0.15, 0.2) is 0 Å². The Kier molecular flexibility index (Phi) is 3.46. The van der Waals surface area contributed by atoms with Crippen LogP contribution in [-0.2, 0) is 0 Å². The van der Waals surface area contributed by atoms with Crippen LogP contribution in [0.1, 0.15) is 12.8 Å². The number of rotatable bonds is 4. The van der Waals surface area contributed by atoms with E-state index in [-0.39, 0.29) is 0 Å². The number of aromatic amines is 1. The van der Waals surface area contributed by atoms with Crippen LogP contribution >= 0.6 is 0 Å². The maximum Gasteiger partial charge on any atom is 0.225 e. The Morgan fingerprint density at radius 1 is 1.32 bits per heavy atom. The van der Waals surface area contributed by atoms with Crippen molar-refractivity contribution in [3.8, 4) is 11.1 Å². The average molecular weight is 257 g/mol. The van der Waals surface area contributed by atoms with Gasteiger partial charge in [-0.25, -0.2) is 9.97 Å². The Labute approximate surface area is 112 Å². The van der Waals surface area contributed by atoms with Gasteiger partial charge in [0.1, 0.15) is 0 Å². The van der Waals surface area contributed by atoms with E-state index in [9.17, 15) is 0 Å². The molecule has 1 aliphatic rings. The molecule has 1 aliphatic heterocycles. The van der Waals surface area contributed by atoms with Crippen LogP contribution in [0, 0.1) is 5.92 Å². The molecule has 2 aromatic rings. The zero-order chi connectivity index (χ0) is 13.1. The van der Waals surface area contributed by atoms with Crippen molar-refractivity contribution in [2.75, 3.05) is 24.5 Å². The van der Waals surface area contributed by atoms with Gasteiger partial charge < -0.3 is 15.6 Å². The van der Waals surface area contributed by atoms with Gasteiger partial charge in [0.2, 0.25) is 5.95 Å². The Morgan fingerprint density at radius 3 is 2.84 bits per heavy atom. The highest BCUT2D eigenvalue weighted by molar-refractivity contribution is 5.61. The van der Waals surface area contributed by atoms with Gasteiger partial charge in [0.25, 0.3) is 0 Å². The van der Waals surface area contributed by atoms with Gasteiger partial charge in [-0.15, -0.1) is 0 Å². The number of hydrogen-bond acceptors (Lipinski definition) is 4. The second-order valence-electron chi connectivity index (χ2n) is 5.05. The highest BCUT2D eigenvalue weighted by Gasteiger charge is 2.23. The first-order valence-corrected chi connectivity index (χ1v) is 6.77. The molecular weight excluding hydrogens is 238 g/mol. The molecular formula is C14H19N5. The van der Waals surface area contributed by atoms with Crippen molar-refractivity contribution >= 4 is 5.95 Å². The summed E-state index contributed by atoms with van der Waals surface area (Å²) in [6.45, 7) is 2.83. The molecule has 3 rings (SSSR count). The number of nitrogens with zero attached hydrogens (tertiary/aromatic N) is 3. The quantitative estimate of drug-likeness (QED) is 0.873. The Hall–Kier alpha value is -1.88. The number of nitrogens with one attached hydrogen (secondary N) is 1. The van der Waals surface area contributed by atoms with Gasteiger partial charge in [0.05, 0.1) is 0 Å². The lowest BCUT2D eigenvalue weighted by atomic mass is 10.1. The average Bonchev–Trinajstić information content (AvgIpc) is 3.10. The first-order valence-electron chi connectivity index (χ1n) is 6.77. The Balaban J connectivity index is 1.70. The van der Waals surface area contributed by atoms with Crippen molar-refractivity contribution < 1.29 is 0 Å². The first kappa shape index (κ1) is 12.2. The van der Waals surface area contributed by atoms with Crippen LogP contribution in [0.15, 0.2) is 30.9 Å². The molecule has 2 aromatic heterocycles. The molecule has 0 aliphatic carbocycles. The fourth-order valence-corrected chi connectivity index (χ4v) is 2.62. The third-order valence-corrected chi connectivity index (χ3v) is 3.71. The number of nitrogens with two attached hydrogens (primary N) is 1. The molecule has 1 saturated heterocycles. The zero-order valence-corrected chi connectivity index (χ0v) is 10.9. The first-order chi connectivity index (χ1) is 9.36. The molecule has 1 atom stereocenters. The summed E-state index contributed by atoms with van der Waals surface area (Å²) in [5.74, 6) is 1.52. The lowest BCUT2D eigenvalue weighted by molar-refractivity contribution is 0.545. The summed E-state index contributed by atoms with van der Waals surface area (Å²) >= 11 is 0. The fourth-order valence-electron chi connectivity index (χ4n) is 2.62. The molecule has 5 nitrogen and oxygen atoms in total. The van der Waals surface area contributed by atoms with Gasteiger partial charge in [-0.05, 0) is 31.4 Å². The molecule has 3 heterocycles. The molecule has 3 N–H and O–H groups in total. The normalized spacial score (nSPS) is 19.0. The van der Waals surface area contributed by atoms with Gasteiger partial charge >= 0.3 is 0 Å². The summed E-state index contributed by atoms with van der Waals surface area (Å²) in [5.41, 5.74) is 7.78. The third kappa shape index (κ3) is 2.61. The molecule has 5 heteroatoms. The minimum Gasteiger partial charge on any atom is -0.367 e. The minimum atomic E-state index is 0.693. The van der Waals surface area contributed by atoms with Gasteiger partial charge in [-0.2, -0.15) is 0 Å². The second-order valence-corrected chi connectivity index (χ2v) is 5.05. The van der Waals surface area contributed by atoms with Gasteiger partial charge in [0, 0.05) is 49.0 Å². The van der Waals surface area contributed by atoms with Crippen molar-refractivity contribution in [1.82, 2.24) is 15.0 Å². The topological polar surface area (TPSA) is 70.8 Å². The van der Waals surface area contributed by atoms with Gasteiger partial charge in [-0.3, -0.25) is 0 Å². The summed E-state index contributed by atoms with van der Waals surface area (Å²) in [6.07, 6.45) is 9.92. The van der Waals surface area contributed by atoms with Crippen LogP contribution in [-0.4, -0.2) is 34.6 Å². The van der Waals surface area contributed by atoms with Crippen LogP contribution < -0.4 is 10.6 Å². The Bertz CT molecular complexity index is 505. The van der Waals surface area contributed by atoms with E-state index < -0.39 is 0 Å². The molecule has 19 heavy (non-hydrogen) atoms. The van der Waals surface area contributed by atoms with Crippen molar-refractivity contribution in [2.24, 2.45) is 11.7 Å². The predicted molar refractivity (Wildman–Crippen MR) is 75.8 cm³/mol. The summed E-state index contributed by atoms with van der Waals surface area (Å²) in [5, 5.41) is 0. The van der Waals surface area contributed by atoms with Crippen LogP contribution in [0.5, 0.6) is 0 Å². The standard InChI is InChI=1S/C14H19N5/c15-4-1-11-3-6-19(10-11)14-17-8-13(9-18-14)12-2-5-16-7-12/h2,5,7-9,11,16H,1,3-4,6,10,15H2. The highest BCUT2D eigenvalue weighted by Crippen LogP contribution is 2.24. The molecule has 1 unspecified atom stereocenters. The number of H-pyrrole nitrogens is 1. The molecule has 0 aromatic carbocycles. The van der Waals surface area contributed by atoms with Crippen LogP contribution in [0.25, 0.3) is 11.1 Å². The molecule has 100 valence electrons. The Morgan fingerprint density at radius 2 is 2.16 bits per heavy atom. The van der Waals surface area contributed by atoms with E-state index >= 15 is 0 Å². The second kappa shape index (κ2) is 5.40. The zero-order valence-electron chi connectivity index (χ0n) is 10.9. The maximum absolute atomic E-state index is 5.61. The molecule has 0 bridgehead atoms. The highest BCUT2D eigenvalue weighted by atomic mass is 15.3. The van der Waals surface area contributed by atoms with Crippen molar-refractivity contribution in [3.63, 3.8) is 0 Å². The summed E-state index contributed by atoms with van der Waals surface area (Å²) in [6, 6.07) is 2.02. The smallest absolute Gasteiger partial charge is 0.225 e. The number of hydrogen-bond donors (Lipinski definition) is 2. The minimum absolute atomic E-state index is 0.693. The maximum atomic E-state index is 5.61. The molecule has 0 spiro atoms. The number of anilines is 1. The van der Waals surface area contributed by atoms with Crippen molar-refractivity contribution in [1.29, 1.82) is 0 Å². The van der Waals surface area contributed by atoms with Crippen molar-refractivity contribution in [3.05, 3.63) is 30.9 Å². The van der Waals surface area contributed by atoms with Crippen LogP contribution in [0.4, 0.5) is 5.95 Å². The van der Waals surface area contributed by atoms with Crippen LogP contribution in [0.2, 0.25) is 0 Å². The largest absolute Gasteiger partial charge is 0.367 e. The van der Waals surface area contributed by atoms with E-state index in [1.54, 1.807) is 0 Å². The van der Waals surface area contributed by atoms with E-state index in [2.05, 4.69) is 19.9 Å². The van der Waals surface area contributed by atoms with E-state index in [1.807, 2.05) is 30.9 Å². The van der Waals surface area contributed by atoms with Gasteiger partial charge in [-0.1, -0.05) is 0 Å². The molecule has 1 fully saturated rings. The van der Waals surface area contributed by atoms with E-state index in [0.717, 1.165) is 43.1 Å². The van der Waals surface area contributed by atoms with Crippen LogP contribution in [0.3, 0.4) is 0 Å². The fraction of sp³-hybridized carbons (Fsp3) is 0.429. The van der Waals surface area contributed by atoms with E-state index in [4.69, 9.17) is 5.73 Å². The summed E-state index contributed by atoms with van der Waals surface area (Å²) in [4.78, 5) is 14.3. The summed E-state index contributed by atoms with van der Waals surface area (Å²) in [7, 11) is 0. The molecule has 0 amide bonds. The van der Waals surface area contributed by atoms with Crippen molar-refractivity contribution in [2.45, 2.75) is 12.8 Å². The SMILES string of the molecule is NCCC1CCN(c2ncc(-c3cc[nH]c3)cn2)C1. The van der Waals surface area contributed by atoms with E-state index in [1.165, 1.54) is 6.42 Å². The predicted octanol–water partition coefficient (Wildman–Crippen LogP) is 1.65. The summed E-state index contributed by atoms with van der Waals surface area (Å²) < 4.78 is 0. The van der Waals surface area contributed by atoms with E-state index in [0.29, 0.717) is 5.92 Å².